The number of rotatable bonds is 3. The average Bonchev–Trinajstić information content (AvgIpc) is 2.90. The van der Waals surface area contributed by atoms with E-state index in [2.05, 4.69) is 23.2 Å². The summed E-state index contributed by atoms with van der Waals surface area (Å²) in [6.45, 7) is 6.14. The van der Waals surface area contributed by atoms with Crippen LogP contribution in [-0.4, -0.2) is 43.1 Å². The molecule has 1 N–H and O–H groups in total. The number of benzene rings is 1. The highest BCUT2D eigenvalue weighted by atomic mass is 16.5. The smallest absolute Gasteiger partial charge is 0.151 e. The first-order chi connectivity index (χ1) is 9.78. The highest BCUT2D eigenvalue weighted by molar-refractivity contribution is 5.46. The van der Waals surface area contributed by atoms with E-state index in [9.17, 15) is 0 Å². The zero-order chi connectivity index (χ0) is 13.9. The molecule has 1 fully saturated rings. The Morgan fingerprint density at radius 3 is 2.75 bits per heavy atom. The van der Waals surface area contributed by atoms with Crippen molar-refractivity contribution in [3.05, 3.63) is 36.0 Å². The van der Waals surface area contributed by atoms with Crippen LogP contribution in [0.3, 0.4) is 0 Å². The van der Waals surface area contributed by atoms with E-state index in [1.807, 2.05) is 28.9 Å². The fourth-order valence-electron chi connectivity index (χ4n) is 2.51. The number of ether oxygens (including phenoxy) is 1. The second kappa shape index (κ2) is 5.54. The molecule has 5 nitrogen and oxygen atoms in total. The predicted molar refractivity (Wildman–Crippen MR) is 79.9 cm³/mol. The summed E-state index contributed by atoms with van der Waals surface area (Å²) in [6.07, 6.45) is 0. The van der Waals surface area contributed by atoms with E-state index in [0.29, 0.717) is 0 Å². The summed E-state index contributed by atoms with van der Waals surface area (Å²) in [7, 11) is 1.68. The Labute approximate surface area is 119 Å². The second-order valence-corrected chi connectivity index (χ2v) is 4.99. The molecule has 1 aliphatic rings. The van der Waals surface area contributed by atoms with Gasteiger partial charge >= 0.3 is 0 Å². The van der Waals surface area contributed by atoms with Gasteiger partial charge in [-0.2, -0.15) is 5.10 Å². The van der Waals surface area contributed by atoms with E-state index in [-0.39, 0.29) is 0 Å². The highest BCUT2D eigenvalue weighted by Gasteiger charge is 2.15. The minimum Gasteiger partial charge on any atom is -0.497 e. The minimum absolute atomic E-state index is 0.848. The van der Waals surface area contributed by atoms with Crippen LogP contribution < -0.4 is 15.0 Å². The summed E-state index contributed by atoms with van der Waals surface area (Å²) in [5.74, 6) is 1.90. The zero-order valence-corrected chi connectivity index (χ0v) is 12.0. The van der Waals surface area contributed by atoms with E-state index in [1.54, 1.807) is 7.11 Å². The summed E-state index contributed by atoms with van der Waals surface area (Å²) < 4.78 is 7.25. The van der Waals surface area contributed by atoms with Gasteiger partial charge in [-0.3, -0.25) is 0 Å². The molecular formula is C15H20N4O. The normalized spacial score (nSPS) is 15.4. The Kier molecular flexibility index (Phi) is 3.60. The Hall–Kier alpha value is -2.01. The molecule has 2 aromatic rings. The van der Waals surface area contributed by atoms with Gasteiger partial charge < -0.3 is 15.0 Å². The third-order valence-electron chi connectivity index (χ3n) is 3.61. The maximum absolute atomic E-state index is 5.28. The Balaban J connectivity index is 1.91. The number of piperazine rings is 1. The lowest BCUT2D eigenvalue weighted by Gasteiger charge is -2.27. The van der Waals surface area contributed by atoms with Crippen LogP contribution in [0.25, 0.3) is 5.69 Å². The molecule has 106 valence electrons. The van der Waals surface area contributed by atoms with Crippen LogP contribution in [0, 0.1) is 6.92 Å². The van der Waals surface area contributed by atoms with Crippen LogP contribution in [0.5, 0.6) is 5.75 Å². The van der Waals surface area contributed by atoms with Crippen molar-refractivity contribution in [1.29, 1.82) is 0 Å². The van der Waals surface area contributed by atoms with Crippen LogP contribution in [-0.2, 0) is 0 Å². The largest absolute Gasteiger partial charge is 0.497 e. The van der Waals surface area contributed by atoms with Crippen LogP contribution in [0.1, 0.15) is 5.69 Å². The lowest BCUT2D eigenvalue weighted by Crippen LogP contribution is -2.43. The van der Waals surface area contributed by atoms with Gasteiger partial charge in [-0.25, -0.2) is 4.68 Å². The van der Waals surface area contributed by atoms with E-state index >= 15 is 0 Å². The van der Waals surface area contributed by atoms with Gasteiger partial charge in [0.15, 0.2) is 5.82 Å². The molecule has 2 heterocycles. The number of anilines is 1. The molecule has 0 spiro atoms. The lowest BCUT2D eigenvalue weighted by molar-refractivity contribution is 0.414. The molecule has 5 heteroatoms. The van der Waals surface area contributed by atoms with Crippen molar-refractivity contribution in [1.82, 2.24) is 15.1 Å². The average molecular weight is 272 g/mol. The number of nitrogens with zero attached hydrogens (tertiary/aromatic N) is 3. The van der Waals surface area contributed by atoms with Crippen LogP contribution in [0.15, 0.2) is 30.3 Å². The lowest BCUT2D eigenvalue weighted by atomic mass is 10.3. The van der Waals surface area contributed by atoms with Crippen molar-refractivity contribution >= 4 is 5.82 Å². The fourth-order valence-corrected chi connectivity index (χ4v) is 2.51. The molecule has 0 radical (unpaired) electrons. The fraction of sp³-hybridized carbons (Fsp3) is 0.400. The molecule has 1 aromatic carbocycles. The number of methoxy groups -OCH3 is 1. The Bertz CT molecular complexity index is 587. The molecule has 0 amide bonds. The molecule has 3 rings (SSSR count). The summed E-state index contributed by atoms with van der Waals surface area (Å²) in [6, 6.07) is 10.1. The van der Waals surface area contributed by atoms with Gasteiger partial charge in [-0.05, 0) is 19.1 Å². The predicted octanol–water partition coefficient (Wildman–Crippen LogP) is 1.60. The number of hydrogen-bond donors (Lipinski definition) is 1. The van der Waals surface area contributed by atoms with E-state index < -0.39 is 0 Å². The van der Waals surface area contributed by atoms with Crippen molar-refractivity contribution in [3.8, 4) is 11.4 Å². The van der Waals surface area contributed by atoms with Crippen LogP contribution in [0.4, 0.5) is 5.82 Å². The van der Waals surface area contributed by atoms with E-state index in [0.717, 1.165) is 49.1 Å². The molecule has 0 bridgehead atoms. The number of nitrogens with one attached hydrogen (secondary N) is 1. The van der Waals surface area contributed by atoms with E-state index in [4.69, 9.17) is 9.84 Å². The third kappa shape index (κ3) is 2.49. The van der Waals surface area contributed by atoms with Crippen molar-refractivity contribution in [3.63, 3.8) is 0 Å². The second-order valence-electron chi connectivity index (χ2n) is 4.99. The first kappa shape index (κ1) is 13.0. The van der Waals surface area contributed by atoms with Gasteiger partial charge in [-0.1, -0.05) is 6.07 Å². The first-order valence-electron chi connectivity index (χ1n) is 6.95. The number of hydrogen-bond acceptors (Lipinski definition) is 4. The molecule has 1 saturated heterocycles. The van der Waals surface area contributed by atoms with Crippen LogP contribution in [0.2, 0.25) is 0 Å². The van der Waals surface area contributed by atoms with Gasteiger partial charge in [0.05, 0.1) is 12.8 Å². The first-order valence-corrected chi connectivity index (χ1v) is 6.95. The maximum Gasteiger partial charge on any atom is 0.151 e. The van der Waals surface area contributed by atoms with Crippen molar-refractivity contribution in [2.45, 2.75) is 6.92 Å². The van der Waals surface area contributed by atoms with Crippen LogP contribution >= 0.6 is 0 Å². The maximum atomic E-state index is 5.28. The summed E-state index contributed by atoms with van der Waals surface area (Å²) in [5.41, 5.74) is 2.16. The SMILES string of the molecule is COc1cccc(-n2nc(N3CCNCC3)cc2C)c1. The van der Waals surface area contributed by atoms with Crippen molar-refractivity contribution in [2.75, 3.05) is 38.2 Å². The monoisotopic (exact) mass is 272 g/mol. The summed E-state index contributed by atoms with van der Waals surface area (Å²) in [4.78, 5) is 2.32. The summed E-state index contributed by atoms with van der Waals surface area (Å²) in [5, 5.41) is 8.10. The molecule has 0 saturated carbocycles. The standard InChI is InChI=1S/C15H20N4O/c1-12-10-15(18-8-6-16-7-9-18)17-19(12)13-4-3-5-14(11-13)20-2/h3-5,10-11,16H,6-9H2,1-2H3. The van der Waals surface area contributed by atoms with Gasteiger partial charge in [0.25, 0.3) is 0 Å². The van der Waals surface area contributed by atoms with Gasteiger partial charge in [0.2, 0.25) is 0 Å². The summed E-state index contributed by atoms with van der Waals surface area (Å²) >= 11 is 0. The quantitative estimate of drug-likeness (QED) is 0.921. The molecule has 0 aliphatic carbocycles. The van der Waals surface area contributed by atoms with Crippen molar-refractivity contribution in [2.24, 2.45) is 0 Å². The molecule has 20 heavy (non-hydrogen) atoms. The van der Waals surface area contributed by atoms with Gasteiger partial charge in [0.1, 0.15) is 5.75 Å². The zero-order valence-electron chi connectivity index (χ0n) is 12.0. The molecule has 0 unspecified atom stereocenters. The molecule has 1 aliphatic heterocycles. The van der Waals surface area contributed by atoms with Crippen molar-refractivity contribution < 1.29 is 4.74 Å². The minimum atomic E-state index is 0.848. The number of aromatic nitrogens is 2. The Morgan fingerprint density at radius 2 is 2.00 bits per heavy atom. The topological polar surface area (TPSA) is 42.3 Å². The third-order valence-corrected chi connectivity index (χ3v) is 3.61. The highest BCUT2D eigenvalue weighted by Crippen LogP contribution is 2.21. The van der Waals surface area contributed by atoms with E-state index in [1.165, 1.54) is 0 Å². The van der Waals surface area contributed by atoms with Gasteiger partial charge in [-0.15, -0.1) is 0 Å². The number of aryl methyl sites for hydroxylation is 1. The molecule has 1 aromatic heterocycles. The van der Waals surface area contributed by atoms with Gasteiger partial charge in [0, 0.05) is 44.0 Å². The molecular weight excluding hydrogens is 252 g/mol. The molecule has 0 atom stereocenters. The Morgan fingerprint density at radius 1 is 1.20 bits per heavy atom.